The number of primary amides is 4. The van der Waals surface area contributed by atoms with Gasteiger partial charge in [0, 0.05) is 13.1 Å². The molecule has 2 aromatic heterocycles. The number of urea groups is 4. The van der Waals surface area contributed by atoms with Gasteiger partial charge in [0.1, 0.15) is 0 Å². The number of rotatable bonds is 41. The predicted molar refractivity (Wildman–Crippen MR) is 326 cm³/mol. The summed E-state index contributed by atoms with van der Waals surface area (Å²) in [6.07, 6.45) is 39.0. The van der Waals surface area contributed by atoms with Gasteiger partial charge in [-0.15, -0.1) is 0 Å². The van der Waals surface area contributed by atoms with Crippen molar-refractivity contribution in [2.24, 2.45) is 22.9 Å². The molecule has 2 aromatic carbocycles. The molecule has 0 bridgehead atoms. The third-order valence-corrected chi connectivity index (χ3v) is 14.8. The van der Waals surface area contributed by atoms with Crippen molar-refractivity contribution < 1.29 is 19.2 Å². The molecule has 12 N–H and O–H groups in total. The lowest BCUT2D eigenvalue weighted by Crippen LogP contribution is -2.39. The Morgan fingerprint density at radius 2 is 0.600 bits per heavy atom. The summed E-state index contributed by atoms with van der Waals surface area (Å²) in [6, 6.07) is 7.33. The number of carbonyl (C=O) groups is 4. The van der Waals surface area contributed by atoms with E-state index < -0.39 is 24.1 Å². The van der Waals surface area contributed by atoms with Crippen LogP contribution in [0.15, 0.2) is 36.4 Å². The van der Waals surface area contributed by atoms with Gasteiger partial charge >= 0.3 is 24.1 Å². The second kappa shape index (κ2) is 37.1. The Labute approximate surface area is 477 Å². The lowest BCUT2D eigenvalue weighted by molar-refractivity contribution is 0.252. The summed E-state index contributed by atoms with van der Waals surface area (Å²) in [7, 11) is 0. The van der Waals surface area contributed by atoms with E-state index in [9.17, 15) is 19.2 Å². The molecule has 4 rings (SSSR count). The summed E-state index contributed by atoms with van der Waals surface area (Å²) >= 11 is 0. The van der Waals surface area contributed by atoms with Gasteiger partial charge in [0.2, 0.25) is 35.7 Å². The Balaban J connectivity index is 1.35. The molecule has 20 heteroatoms. The fraction of sp³-hybridized carbons (Fsp3) is 0.633. The van der Waals surface area contributed by atoms with Crippen molar-refractivity contribution in [2.75, 3.05) is 44.2 Å². The predicted octanol–water partition coefficient (Wildman–Crippen LogP) is 14.2. The number of aryl methyl sites for hydroxylation is 2. The zero-order chi connectivity index (χ0) is 58.1. The summed E-state index contributed by atoms with van der Waals surface area (Å²) in [5.41, 5.74) is 39.4. The topological polar surface area (TPSA) is 315 Å². The highest BCUT2D eigenvalue weighted by atomic mass is 16.2. The SMILES string of the molecule is CCCCCCCCCCCCCCCCCCN(C(N)=O)c1nc(N)nc(N(C(N)=O)c2ccc(-c3ccc(N(C(N)=O)c4nc(N)nc(N(CCCCCCCCCCCCCCCCCC)C(N)=O)n4)c(C)c3)cc2C)n1. The van der Waals surface area contributed by atoms with Crippen LogP contribution >= 0.6 is 0 Å². The lowest BCUT2D eigenvalue weighted by Gasteiger charge is -2.24. The van der Waals surface area contributed by atoms with Crippen LogP contribution in [0.4, 0.5) is 66.2 Å². The molecule has 442 valence electrons. The highest BCUT2D eigenvalue weighted by molar-refractivity contribution is 5.99. The van der Waals surface area contributed by atoms with Crippen LogP contribution in [0, 0.1) is 13.8 Å². The van der Waals surface area contributed by atoms with Crippen LogP contribution in [0.1, 0.15) is 230 Å². The minimum absolute atomic E-state index is 0.0890. The van der Waals surface area contributed by atoms with Gasteiger partial charge in [-0.05, 0) is 73.2 Å². The van der Waals surface area contributed by atoms with E-state index in [0.29, 0.717) is 35.3 Å². The second-order valence-electron chi connectivity index (χ2n) is 21.5. The van der Waals surface area contributed by atoms with Gasteiger partial charge in [0.15, 0.2) is 0 Å². The largest absolute Gasteiger partial charge is 0.368 e. The Morgan fingerprint density at radius 3 is 0.838 bits per heavy atom. The molecule has 2 heterocycles. The molecule has 8 amide bonds. The maximum absolute atomic E-state index is 13.2. The van der Waals surface area contributed by atoms with Gasteiger partial charge in [-0.1, -0.05) is 219 Å². The third kappa shape index (κ3) is 23.1. The molecule has 0 aliphatic heterocycles. The van der Waals surface area contributed by atoms with E-state index in [2.05, 4.69) is 43.8 Å². The quantitative estimate of drug-likeness (QED) is 0.0226. The fourth-order valence-electron chi connectivity index (χ4n) is 10.3. The Morgan fingerprint density at radius 1 is 0.350 bits per heavy atom. The Kier molecular flexibility index (Phi) is 30.5. The van der Waals surface area contributed by atoms with Crippen LogP contribution in [0.3, 0.4) is 0 Å². The molecule has 0 saturated heterocycles. The number of benzene rings is 2. The minimum atomic E-state index is -0.895. The number of hydrogen-bond acceptors (Lipinski definition) is 12. The Bertz CT molecular complexity index is 2320. The summed E-state index contributed by atoms with van der Waals surface area (Å²) in [5.74, 6) is -0.987. The number of anilines is 8. The summed E-state index contributed by atoms with van der Waals surface area (Å²) in [4.78, 5) is 82.3. The molecule has 0 unspecified atom stereocenters. The summed E-state index contributed by atoms with van der Waals surface area (Å²) in [6.45, 7) is 8.61. The molecule has 20 nitrogen and oxygen atoms in total. The van der Waals surface area contributed by atoms with Crippen LogP contribution in [0.2, 0.25) is 0 Å². The van der Waals surface area contributed by atoms with Crippen molar-refractivity contribution in [2.45, 2.75) is 233 Å². The zero-order valence-corrected chi connectivity index (χ0v) is 49.1. The van der Waals surface area contributed by atoms with Crippen LogP contribution in [0.25, 0.3) is 11.1 Å². The van der Waals surface area contributed by atoms with Gasteiger partial charge < -0.3 is 34.4 Å². The van der Waals surface area contributed by atoms with E-state index in [1.807, 2.05) is 12.1 Å². The molecular formula is C60H98N16O4. The average molecular weight is 1110 g/mol. The van der Waals surface area contributed by atoms with Gasteiger partial charge in [-0.2, -0.15) is 29.9 Å². The first kappa shape index (κ1) is 65.7. The first-order chi connectivity index (χ1) is 38.7. The van der Waals surface area contributed by atoms with E-state index in [-0.39, 0.29) is 48.8 Å². The molecule has 0 radical (unpaired) electrons. The minimum Gasteiger partial charge on any atom is -0.368 e. The fourth-order valence-corrected chi connectivity index (χ4v) is 10.3. The highest BCUT2D eigenvalue weighted by Crippen LogP contribution is 2.35. The van der Waals surface area contributed by atoms with Gasteiger partial charge in [0.25, 0.3) is 0 Å². The molecule has 0 aliphatic rings. The Hall–Kier alpha value is -6.86. The number of hydrogen-bond donors (Lipinski definition) is 6. The number of nitrogens with zero attached hydrogens (tertiary/aromatic N) is 10. The van der Waals surface area contributed by atoms with E-state index in [4.69, 9.17) is 34.4 Å². The van der Waals surface area contributed by atoms with Crippen molar-refractivity contribution in [3.63, 3.8) is 0 Å². The summed E-state index contributed by atoms with van der Waals surface area (Å²) < 4.78 is 0. The molecule has 80 heavy (non-hydrogen) atoms. The molecule has 0 aliphatic carbocycles. The normalized spacial score (nSPS) is 11.2. The standard InChI is InChI=1S/C60H98N16O4/c1-5-7-9-11-13-15-17-19-21-23-25-27-29-31-33-35-41-73(53(63)77)57-67-51(61)69-59(71-57)75(55(65)79)49-39-37-47(43-45(49)3)48-38-40-50(46(4)44-48)76(56(66)80)60-70-52(62)68-58(72-60)74(54(64)78)42-36-34-32-30-28-26-24-22-20-18-16-14-12-10-8-6-2/h37-40,43-44H,5-36,41-42H2,1-4H3,(H2,63,77)(H2,64,78)(H2,65,79)(H2,66,80)(H2,61,67,69,71)(H2,62,68,70,72). The molecule has 4 aromatic rings. The number of aromatic nitrogens is 6. The van der Waals surface area contributed by atoms with Crippen LogP contribution in [-0.2, 0) is 0 Å². The van der Waals surface area contributed by atoms with Gasteiger partial charge in [0.05, 0.1) is 11.4 Å². The first-order valence-corrected chi connectivity index (χ1v) is 30.2. The van der Waals surface area contributed by atoms with Crippen LogP contribution in [-0.4, -0.2) is 67.1 Å². The number of unbranched alkanes of at least 4 members (excludes halogenated alkanes) is 30. The maximum atomic E-state index is 13.2. The van der Waals surface area contributed by atoms with E-state index >= 15 is 0 Å². The first-order valence-electron chi connectivity index (χ1n) is 30.2. The second-order valence-corrected chi connectivity index (χ2v) is 21.5. The van der Waals surface area contributed by atoms with Crippen molar-refractivity contribution in [1.29, 1.82) is 0 Å². The zero-order valence-electron chi connectivity index (χ0n) is 49.1. The van der Waals surface area contributed by atoms with Crippen LogP contribution in [0.5, 0.6) is 0 Å². The molecule has 0 atom stereocenters. The number of nitrogens with two attached hydrogens (primary N) is 6. The number of carbonyl (C=O) groups excluding carboxylic acids is 4. The molecule has 0 saturated carbocycles. The van der Waals surface area contributed by atoms with E-state index in [0.717, 1.165) is 59.5 Å². The third-order valence-electron chi connectivity index (χ3n) is 14.8. The monoisotopic (exact) mass is 1110 g/mol. The van der Waals surface area contributed by atoms with Gasteiger partial charge in [-0.3, -0.25) is 9.80 Å². The molecular weight excluding hydrogens is 1010 g/mol. The van der Waals surface area contributed by atoms with E-state index in [1.165, 1.54) is 164 Å². The van der Waals surface area contributed by atoms with Crippen molar-refractivity contribution in [3.8, 4) is 11.1 Å². The average Bonchev–Trinajstić information content (AvgIpc) is 3.52. The maximum Gasteiger partial charge on any atom is 0.326 e. The van der Waals surface area contributed by atoms with Crippen molar-refractivity contribution >= 4 is 71.2 Å². The van der Waals surface area contributed by atoms with Crippen molar-refractivity contribution in [3.05, 3.63) is 47.5 Å². The molecule has 0 spiro atoms. The van der Waals surface area contributed by atoms with Crippen molar-refractivity contribution in [1.82, 2.24) is 29.9 Å². The smallest absolute Gasteiger partial charge is 0.326 e. The molecule has 0 fully saturated rings. The van der Waals surface area contributed by atoms with E-state index in [1.54, 1.807) is 38.1 Å². The van der Waals surface area contributed by atoms with Gasteiger partial charge in [-0.25, -0.2) is 29.0 Å². The summed E-state index contributed by atoms with van der Waals surface area (Å²) in [5, 5.41) is 0. The number of amides is 8. The number of nitrogen functional groups attached to an aromatic ring is 2. The lowest BCUT2D eigenvalue weighted by atomic mass is 9.99. The van der Waals surface area contributed by atoms with Crippen LogP contribution < -0.4 is 54.0 Å². The highest BCUT2D eigenvalue weighted by Gasteiger charge is 2.27.